The molecule has 0 N–H and O–H groups in total. The Morgan fingerprint density at radius 3 is 1.63 bits per heavy atom. The first-order valence-corrected chi connectivity index (χ1v) is 24.4. The fourth-order valence-corrected chi connectivity index (χ4v) is 11.2. The van der Waals surface area contributed by atoms with Crippen LogP contribution in [0.15, 0.2) is 241 Å². The van der Waals surface area contributed by atoms with Crippen LogP contribution in [0.2, 0.25) is 0 Å². The van der Waals surface area contributed by atoms with Crippen molar-refractivity contribution in [2.24, 2.45) is 0 Å². The molecule has 71 heavy (non-hydrogen) atoms. The summed E-state index contributed by atoms with van der Waals surface area (Å²) in [5.41, 5.74) is 19.3. The molecule has 13 aromatic rings. The topological polar surface area (TPSA) is 56.7 Å². The Morgan fingerprint density at radius 1 is 0.380 bits per heavy atom. The van der Waals surface area contributed by atoms with Crippen molar-refractivity contribution >= 4 is 43.7 Å². The van der Waals surface area contributed by atoms with Crippen molar-refractivity contribution in [2.75, 3.05) is 0 Å². The van der Waals surface area contributed by atoms with Gasteiger partial charge < -0.3 is 8.98 Å². The van der Waals surface area contributed by atoms with Gasteiger partial charge in [0, 0.05) is 49.8 Å². The SMILES string of the molecule is c1ccc(-c2nc(-c3ccccc3)nc(-c3cccc4oc5ccc(-c6ccc7c(c6)c6cc(-c8cccc9c8C(c8ccccc8)CCc8ccccc8-9)ccc6n7-c6ccccc6)cc5c34)n2)cc1. The maximum atomic E-state index is 6.60. The Balaban J connectivity index is 0.949. The number of aromatic nitrogens is 4. The number of hydrogen-bond acceptors (Lipinski definition) is 4. The number of nitrogens with zero attached hydrogens (tertiary/aromatic N) is 4. The lowest BCUT2D eigenvalue weighted by atomic mass is 9.81. The van der Waals surface area contributed by atoms with Crippen molar-refractivity contribution in [1.82, 2.24) is 19.5 Å². The molecule has 5 heteroatoms. The maximum Gasteiger partial charge on any atom is 0.164 e. The number of furan rings is 1. The van der Waals surface area contributed by atoms with Gasteiger partial charge in [-0.2, -0.15) is 0 Å². The summed E-state index contributed by atoms with van der Waals surface area (Å²) in [7, 11) is 0. The number of para-hydroxylation sites is 1. The highest BCUT2D eigenvalue weighted by atomic mass is 16.3. The lowest BCUT2D eigenvalue weighted by Crippen LogP contribution is -2.04. The van der Waals surface area contributed by atoms with Crippen LogP contribution in [-0.2, 0) is 6.42 Å². The Hall–Kier alpha value is -9.19. The smallest absolute Gasteiger partial charge is 0.164 e. The fraction of sp³-hybridized carbons (Fsp3) is 0.0455. The molecule has 1 unspecified atom stereocenters. The average molecular weight is 909 g/mol. The third kappa shape index (κ3) is 6.96. The number of hydrogen-bond donors (Lipinski definition) is 0. The van der Waals surface area contributed by atoms with Crippen LogP contribution in [0.25, 0.3) is 117 Å². The monoisotopic (exact) mass is 908 g/mol. The molecular weight excluding hydrogens is 865 g/mol. The van der Waals surface area contributed by atoms with Gasteiger partial charge in [-0.15, -0.1) is 0 Å². The first-order chi connectivity index (χ1) is 35.2. The molecule has 334 valence electrons. The molecule has 0 spiro atoms. The minimum atomic E-state index is 0.249. The quantitative estimate of drug-likeness (QED) is 0.160. The summed E-state index contributed by atoms with van der Waals surface area (Å²) in [6.45, 7) is 0. The summed E-state index contributed by atoms with van der Waals surface area (Å²) in [4.78, 5) is 15.2. The predicted molar refractivity (Wildman–Crippen MR) is 291 cm³/mol. The van der Waals surface area contributed by atoms with Gasteiger partial charge in [0.2, 0.25) is 0 Å². The Labute approximate surface area is 411 Å². The van der Waals surface area contributed by atoms with Gasteiger partial charge in [0.05, 0.1) is 11.0 Å². The minimum absolute atomic E-state index is 0.249. The molecule has 0 radical (unpaired) electrons. The standard InChI is InChI=1S/C66H44N4O/c1-5-17-42(18-6-1)52-35-31-43-19-13-14-26-50(43)53-28-15-27-51(62(52)53)48-33-37-59-56(41-48)55-39-46(32-36-58(55)70(59)49-24-11-4-12-25-49)47-34-38-60-57(40-47)63-54(29-16-30-61(63)71-60)66-68-64(44-20-7-2-8-21-44)67-65(69-66)45-22-9-3-10-23-45/h1-30,32-34,36-41,52H,31,35H2. The Bertz CT molecular complexity index is 4100. The van der Waals surface area contributed by atoms with Crippen molar-refractivity contribution in [3.8, 4) is 73.2 Å². The van der Waals surface area contributed by atoms with Crippen molar-refractivity contribution in [1.29, 1.82) is 0 Å². The first kappa shape index (κ1) is 40.8. The van der Waals surface area contributed by atoms with Crippen LogP contribution >= 0.6 is 0 Å². The van der Waals surface area contributed by atoms with E-state index in [0.717, 1.165) is 73.8 Å². The fourth-order valence-electron chi connectivity index (χ4n) is 11.2. The van der Waals surface area contributed by atoms with Crippen LogP contribution in [0.4, 0.5) is 0 Å². The van der Waals surface area contributed by atoms with E-state index >= 15 is 0 Å². The van der Waals surface area contributed by atoms with E-state index in [9.17, 15) is 0 Å². The summed E-state index contributed by atoms with van der Waals surface area (Å²) >= 11 is 0. The average Bonchev–Trinajstić information content (AvgIpc) is 3.93. The van der Waals surface area contributed by atoms with Gasteiger partial charge in [0.25, 0.3) is 0 Å². The molecule has 0 saturated heterocycles. The van der Waals surface area contributed by atoms with Gasteiger partial charge in [0.15, 0.2) is 17.5 Å². The molecule has 0 bridgehead atoms. The van der Waals surface area contributed by atoms with E-state index in [2.05, 4.69) is 168 Å². The highest BCUT2D eigenvalue weighted by molar-refractivity contribution is 6.14. The molecule has 10 aromatic carbocycles. The predicted octanol–water partition coefficient (Wildman–Crippen LogP) is 16.9. The van der Waals surface area contributed by atoms with Gasteiger partial charge in [-0.25, -0.2) is 15.0 Å². The highest BCUT2D eigenvalue weighted by Crippen LogP contribution is 2.47. The van der Waals surface area contributed by atoms with E-state index in [0.29, 0.717) is 17.5 Å². The van der Waals surface area contributed by atoms with E-state index < -0.39 is 0 Å². The second-order valence-corrected chi connectivity index (χ2v) is 18.6. The van der Waals surface area contributed by atoms with Crippen LogP contribution in [0.1, 0.15) is 29.0 Å². The number of aryl methyl sites for hydroxylation is 1. The number of benzene rings is 10. The summed E-state index contributed by atoms with van der Waals surface area (Å²) < 4.78 is 9.01. The van der Waals surface area contributed by atoms with Crippen LogP contribution in [-0.4, -0.2) is 19.5 Å². The second-order valence-electron chi connectivity index (χ2n) is 18.6. The first-order valence-electron chi connectivity index (χ1n) is 24.4. The minimum Gasteiger partial charge on any atom is -0.456 e. The molecule has 5 nitrogen and oxygen atoms in total. The maximum absolute atomic E-state index is 6.60. The van der Waals surface area contributed by atoms with Gasteiger partial charge in [-0.05, 0) is 118 Å². The molecule has 14 rings (SSSR count). The zero-order valence-electron chi connectivity index (χ0n) is 38.7. The molecule has 1 aliphatic rings. The third-order valence-electron chi connectivity index (χ3n) is 14.5. The van der Waals surface area contributed by atoms with Crippen molar-refractivity contribution in [3.05, 3.63) is 253 Å². The lowest BCUT2D eigenvalue weighted by Gasteiger charge is -2.23. The molecule has 0 saturated carbocycles. The van der Waals surface area contributed by atoms with E-state index in [4.69, 9.17) is 19.4 Å². The van der Waals surface area contributed by atoms with E-state index in [1.165, 1.54) is 55.2 Å². The van der Waals surface area contributed by atoms with Crippen LogP contribution in [0, 0.1) is 0 Å². The Morgan fingerprint density at radius 2 is 0.915 bits per heavy atom. The molecule has 0 amide bonds. The van der Waals surface area contributed by atoms with Gasteiger partial charge in [0.1, 0.15) is 11.2 Å². The zero-order chi connectivity index (χ0) is 46.8. The molecule has 1 aliphatic carbocycles. The van der Waals surface area contributed by atoms with Gasteiger partial charge >= 0.3 is 0 Å². The van der Waals surface area contributed by atoms with E-state index in [1.54, 1.807) is 0 Å². The molecular formula is C66H44N4O. The van der Waals surface area contributed by atoms with Crippen LogP contribution < -0.4 is 0 Å². The van der Waals surface area contributed by atoms with Crippen LogP contribution in [0.5, 0.6) is 0 Å². The highest BCUT2D eigenvalue weighted by Gasteiger charge is 2.27. The number of rotatable bonds is 7. The van der Waals surface area contributed by atoms with E-state index in [-0.39, 0.29) is 5.92 Å². The lowest BCUT2D eigenvalue weighted by molar-refractivity contribution is 0.669. The molecule has 3 heterocycles. The molecule has 1 atom stereocenters. The van der Waals surface area contributed by atoms with Crippen molar-refractivity contribution in [2.45, 2.75) is 18.8 Å². The normalized spacial score (nSPS) is 13.4. The second kappa shape index (κ2) is 16.8. The molecule has 0 aliphatic heterocycles. The van der Waals surface area contributed by atoms with Gasteiger partial charge in [-0.1, -0.05) is 182 Å². The largest absolute Gasteiger partial charge is 0.456 e. The van der Waals surface area contributed by atoms with Crippen molar-refractivity contribution in [3.63, 3.8) is 0 Å². The third-order valence-corrected chi connectivity index (χ3v) is 14.5. The number of fused-ring (bicyclic) bond motifs is 9. The summed E-state index contributed by atoms with van der Waals surface area (Å²) in [6.07, 6.45) is 2.07. The summed E-state index contributed by atoms with van der Waals surface area (Å²) in [5, 5.41) is 4.38. The molecule has 0 fully saturated rings. The summed E-state index contributed by atoms with van der Waals surface area (Å²) in [5.74, 6) is 2.08. The summed E-state index contributed by atoms with van der Waals surface area (Å²) in [6, 6.07) is 84.7. The van der Waals surface area contributed by atoms with Crippen molar-refractivity contribution < 1.29 is 4.42 Å². The molecule has 3 aromatic heterocycles. The van der Waals surface area contributed by atoms with E-state index in [1.807, 2.05) is 72.8 Å². The van der Waals surface area contributed by atoms with Gasteiger partial charge in [-0.3, -0.25) is 0 Å². The van der Waals surface area contributed by atoms with Crippen LogP contribution in [0.3, 0.4) is 0 Å². The Kier molecular flexibility index (Phi) is 9.66. The zero-order valence-corrected chi connectivity index (χ0v) is 38.7.